The molecule has 2 rings (SSSR count). The van der Waals surface area contributed by atoms with E-state index in [1.54, 1.807) is 18.4 Å². The van der Waals surface area contributed by atoms with Crippen LogP contribution in [0.2, 0.25) is 5.02 Å². The maximum Gasteiger partial charge on any atom is 0.127 e. The van der Waals surface area contributed by atoms with Crippen LogP contribution < -0.4 is 10.5 Å². The van der Waals surface area contributed by atoms with E-state index in [1.807, 2.05) is 23.7 Å². The molecular formula is C12H13ClN2OS. The van der Waals surface area contributed by atoms with Crippen molar-refractivity contribution in [3.05, 3.63) is 34.4 Å². The molecule has 17 heavy (non-hydrogen) atoms. The van der Waals surface area contributed by atoms with E-state index in [0.29, 0.717) is 11.6 Å². The number of halogens is 1. The first-order valence-electron chi connectivity index (χ1n) is 5.22. The number of hydrogen-bond acceptors (Lipinski definition) is 4. The van der Waals surface area contributed by atoms with Crippen molar-refractivity contribution in [3.8, 4) is 16.2 Å². The topological polar surface area (TPSA) is 48.1 Å². The highest BCUT2D eigenvalue weighted by atomic mass is 35.5. The van der Waals surface area contributed by atoms with Gasteiger partial charge in [0.15, 0.2) is 0 Å². The fourth-order valence-corrected chi connectivity index (χ4v) is 2.70. The average molecular weight is 269 g/mol. The predicted octanol–water partition coefficient (Wildman–Crippen LogP) is 2.97. The van der Waals surface area contributed by atoms with Crippen LogP contribution in [0.5, 0.6) is 5.75 Å². The Labute approximate surface area is 109 Å². The van der Waals surface area contributed by atoms with E-state index in [-0.39, 0.29) is 0 Å². The van der Waals surface area contributed by atoms with E-state index < -0.39 is 0 Å². The molecule has 0 radical (unpaired) electrons. The van der Waals surface area contributed by atoms with Crippen LogP contribution in [-0.4, -0.2) is 18.6 Å². The Morgan fingerprint density at radius 3 is 3.00 bits per heavy atom. The second-order valence-electron chi connectivity index (χ2n) is 3.51. The lowest BCUT2D eigenvalue weighted by atomic mass is 10.1. The molecule has 0 aliphatic heterocycles. The zero-order valence-electron chi connectivity index (χ0n) is 9.44. The maximum absolute atomic E-state index is 6.02. The van der Waals surface area contributed by atoms with Gasteiger partial charge in [-0.3, -0.25) is 0 Å². The van der Waals surface area contributed by atoms with Gasteiger partial charge in [-0.15, -0.1) is 11.3 Å². The highest BCUT2D eigenvalue weighted by Gasteiger charge is 2.13. The van der Waals surface area contributed by atoms with Crippen molar-refractivity contribution < 1.29 is 4.74 Å². The molecule has 0 fully saturated rings. The van der Waals surface area contributed by atoms with Crippen LogP contribution in [0.25, 0.3) is 10.4 Å². The van der Waals surface area contributed by atoms with Gasteiger partial charge in [-0.05, 0) is 24.7 Å². The molecule has 1 heterocycles. The number of nitrogens with zero attached hydrogens (tertiary/aromatic N) is 1. The summed E-state index contributed by atoms with van der Waals surface area (Å²) >= 11 is 7.60. The van der Waals surface area contributed by atoms with E-state index in [0.717, 1.165) is 28.3 Å². The van der Waals surface area contributed by atoms with Gasteiger partial charge in [0.2, 0.25) is 0 Å². The molecule has 1 aromatic heterocycles. The Balaban J connectivity index is 2.51. The molecule has 5 heteroatoms. The van der Waals surface area contributed by atoms with Crippen LogP contribution in [0.15, 0.2) is 23.7 Å². The second-order valence-corrected chi connectivity index (χ2v) is 4.80. The summed E-state index contributed by atoms with van der Waals surface area (Å²) < 4.78 is 5.35. The van der Waals surface area contributed by atoms with Gasteiger partial charge in [0.1, 0.15) is 5.75 Å². The van der Waals surface area contributed by atoms with E-state index in [9.17, 15) is 0 Å². The summed E-state index contributed by atoms with van der Waals surface area (Å²) in [5.74, 6) is 0.803. The Hall–Kier alpha value is -1.10. The first-order valence-corrected chi connectivity index (χ1v) is 6.48. The molecule has 0 saturated heterocycles. The molecule has 90 valence electrons. The van der Waals surface area contributed by atoms with E-state index in [4.69, 9.17) is 22.1 Å². The summed E-state index contributed by atoms with van der Waals surface area (Å²) in [6.07, 6.45) is 0.758. The highest BCUT2D eigenvalue weighted by molar-refractivity contribution is 7.13. The van der Waals surface area contributed by atoms with Crippen molar-refractivity contribution >= 4 is 22.9 Å². The molecule has 0 atom stereocenters. The van der Waals surface area contributed by atoms with Crippen LogP contribution in [0.1, 0.15) is 5.69 Å². The van der Waals surface area contributed by atoms with Gasteiger partial charge < -0.3 is 10.5 Å². The highest BCUT2D eigenvalue weighted by Crippen LogP contribution is 2.36. The molecular weight excluding hydrogens is 256 g/mol. The normalized spacial score (nSPS) is 10.5. The fourth-order valence-electron chi connectivity index (χ4n) is 1.66. The lowest BCUT2D eigenvalue weighted by molar-refractivity contribution is 0.416. The van der Waals surface area contributed by atoms with Gasteiger partial charge in [-0.25, -0.2) is 4.98 Å². The van der Waals surface area contributed by atoms with E-state index in [2.05, 4.69) is 4.98 Å². The molecule has 0 bridgehead atoms. The third-order valence-electron chi connectivity index (χ3n) is 2.43. The minimum Gasteiger partial charge on any atom is -0.496 e. The first kappa shape index (κ1) is 12.4. The molecule has 2 aromatic rings. The van der Waals surface area contributed by atoms with Crippen LogP contribution in [0.3, 0.4) is 0 Å². The molecule has 3 nitrogen and oxygen atoms in total. The summed E-state index contributed by atoms with van der Waals surface area (Å²) in [5.41, 5.74) is 9.37. The standard InChI is InChI=1S/C12H13ClN2OS/c1-16-11-3-2-8(13)6-9(11)12-10(4-5-14)15-7-17-12/h2-3,6-7H,4-5,14H2,1H3. The zero-order chi connectivity index (χ0) is 12.3. The number of benzene rings is 1. The largest absolute Gasteiger partial charge is 0.496 e. The Bertz CT molecular complexity index is 513. The molecule has 0 aliphatic rings. The van der Waals surface area contributed by atoms with Gasteiger partial charge in [-0.1, -0.05) is 11.6 Å². The van der Waals surface area contributed by atoms with Crippen molar-refractivity contribution in [2.45, 2.75) is 6.42 Å². The number of hydrogen-bond donors (Lipinski definition) is 1. The number of methoxy groups -OCH3 is 1. The lowest BCUT2D eigenvalue weighted by Crippen LogP contribution is -2.03. The van der Waals surface area contributed by atoms with Gasteiger partial charge >= 0.3 is 0 Å². The van der Waals surface area contributed by atoms with Crippen molar-refractivity contribution in [2.24, 2.45) is 5.73 Å². The van der Waals surface area contributed by atoms with Crippen molar-refractivity contribution in [1.29, 1.82) is 0 Å². The third-order valence-corrected chi connectivity index (χ3v) is 3.57. The van der Waals surface area contributed by atoms with Gasteiger partial charge in [0.05, 0.1) is 23.2 Å². The summed E-state index contributed by atoms with van der Waals surface area (Å²) in [5, 5.41) is 0.688. The van der Waals surface area contributed by atoms with Crippen LogP contribution in [0, 0.1) is 0 Å². The number of rotatable bonds is 4. The molecule has 0 amide bonds. The quantitative estimate of drug-likeness (QED) is 0.927. The minimum atomic E-state index is 0.583. The molecule has 1 aromatic carbocycles. The van der Waals surface area contributed by atoms with Crippen molar-refractivity contribution in [3.63, 3.8) is 0 Å². The fraction of sp³-hybridized carbons (Fsp3) is 0.250. The van der Waals surface area contributed by atoms with E-state index >= 15 is 0 Å². The number of aromatic nitrogens is 1. The van der Waals surface area contributed by atoms with Crippen LogP contribution in [-0.2, 0) is 6.42 Å². The van der Waals surface area contributed by atoms with Gasteiger partial charge in [-0.2, -0.15) is 0 Å². The van der Waals surface area contributed by atoms with Crippen LogP contribution in [0.4, 0.5) is 0 Å². The van der Waals surface area contributed by atoms with Gasteiger partial charge in [0, 0.05) is 17.0 Å². The van der Waals surface area contributed by atoms with Crippen molar-refractivity contribution in [2.75, 3.05) is 13.7 Å². The summed E-state index contributed by atoms with van der Waals surface area (Å²) in [6.45, 7) is 0.583. The summed E-state index contributed by atoms with van der Waals surface area (Å²) in [6, 6.07) is 5.57. The third kappa shape index (κ3) is 2.60. The van der Waals surface area contributed by atoms with Crippen LogP contribution >= 0.6 is 22.9 Å². The smallest absolute Gasteiger partial charge is 0.127 e. The number of thiazole rings is 1. The predicted molar refractivity (Wildman–Crippen MR) is 71.9 cm³/mol. The zero-order valence-corrected chi connectivity index (χ0v) is 11.0. The number of ether oxygens (including phenoxy) is 1. The second kappa shape index (κ2) is 5.49. The van der Waals surface area contributed by atoms with Crippen molar-refractivity contribution in [1.82, 2.24) is 4.98 Å². The lowest BCUT2D eigenvalue weighted by Gasteiger charge is -2.08. The molecule has 0 unspecified atom stereocenters. The Morgan fingerprint density at radius 1 is 1.47 bits per heavy atom. The van der Waals surface area contributed by atoms with Gasteiger partial charge in [0.25, 0.3) is 0 Å². The summed E-state index contributed by atoms with van der Waals surface area (Å²) in [4.78, 5) is 5.41. The number of nitrogens with two attached hydrogens (primary N) is 1. The molecule has 0 saturated carbocycles. The average Bonchev–Trinajstić information content (AvgIpc) is 2.77. The molecule has 0 aliphatic carbocycles. The first-order chi connectivity index (χ1) is 8.26. The SMILES string of the molecule is COc1ccc(Cl)cc1-c1scnc1CCN. The summed E-state index contributed by atoms with van der Waals surface area (Å²) in [7, 11) is 1.65. The maximum atomic E-state index is 6.02. The Kier molecular flexibility index (Phi) is 3.99. The minimum absolute atomic E-state index is 0.583. The molecule has 0 spiro atoms. The monoisotopic (exact) mass is 268 g/mol. The Morgan fingerprint density at radius 2 is 2.29 bits per heavy atom. The van der Waals surface area contributed by atoms with E-state index in [1.165, 1.54) is 0 Å². The molecule has 2 N–H and O–H groups in total.